The van der Waals surface area contributed by atoms with Crippen molar-refractivity contribution in [3.05, 3.63) is 137 Å². The molecule has 0 saturated heterocycles. The van der Waals surface area contributed by atoms with Crippen molar-refractivity contribution in [2.24, 2.45) is 0 Å². The average Bonchev–Trinajstić information content (AvgIpc) is 2.99. The van der Waals surface area contributed by atoms with Crippen molar-refractivity contribution in [2.45, 2.75) is 38.7 Å². The molecule has 0 aliphatic heterocycles. The summed E-state index contributed by atoms with van der Waals surface area (Å²) in [5.74, 6) is -4.94. The van der Waals surface area contributed by atoms with Gasteiger partial charge >= 0.3 is 6.11 Å². The quantitative estimate of drug-likeness (QED) is 0.113. The maximum absolute atomic E-state index is 15.0. The molecule has 0 aromatic heterocycles. The largest absolute Gasteiger partial charge is 0.429 e. The number of rotatable bonds is 10. The summed E-state index contributed by atoms with van der Waals surface area (Å²) in [5, 5.41) is 0. The highest BCUT2D eigenvalue weighted by Gasteiger charge is 2.38. The summed E-state index contributed by atoms with van der Waals surface area (Å²) in [6.07, 6.45) is -0.359. The maximum atomic E-state index is 15.0. The molecule has 1 nitrogen and oxygen atoms in total. The van der Waals surface area contributed by atoms with E-state index >= 15 is 8.78 Å². The molecule has 0 atom stereocenters. The lowest BCUT2D eigenvalue weighted by atomic mass is 9.99. The van der Waals surface area contributed by atoms with Gasteiger partial charge in [-0.2, -0.15) is 8.78 Å². The van der Waals surface area contributed by atoms with E-state index in [2.05, 4.69) is 6.92 Å². The van der Waals surface area contributed by atoms with Gasteiger partial charge in [-0.25, -0.2) is 22.0 Å². The summed E-state index contributed by atoms with van der Waals surface area (Å²) < 4.78 is 106. The normalized spacial score (nSPS) is 11.5. The van der Waals surface area contributed by atoms with Crippen molar-refractivity contribution in [1.82, 2.24) is 0 Å². The van der Waals surface area contributed by atoms with Crippen molar-refractivity contribution in [3.8, 4) is 39.1 Å². The number of aryl methyl sites for hydroxylation is 1. The fraction of sp³-hybridized carbons (Fsp3) is 0.167. The van der Waals surface area contributed by atoms with Crippen LogP contribution in [-0.2, 0) is 12.5 Å². The molecule has 0 bridgehead atoms. The van der Waals surface area contributed by atoms with E-state index in [-0.39, 0.29) is 28.0 Å². The van der Waals surface area contributed by atoms with Crippen LogP contribution in [-0.4, -0.2) is 0 Å². The van der Waals surface area contributed by atoms with Crippen molar-refractivity contribution in [3.63, 3.8) is 0 Å². The van der Waals surface area contributed by atoms with Crippen LogP contribution in [0.5, 0.6) is 5.75 Å². The Morgan fingerprint density at radius 3 is 1.70 bits per heavy atom. The highest BCUT2D eigenvalue weighted by atomic mass is 19.3. The summed E-state index contributed by atoms with van der Waals surface area (Å²) in [5.41, 5.74) is 1.09. The first-order chi connectivity index (χ1) is 21.1. The van der Waals surface area contributed by atoms with Gasteiger partial charge in [-0.05, 0) is 89.2 Å². The van der Waals surface area contributed by atoms with Crippen LogP contribution in [0.15, 0.2) is 97.1 Å². The second-order valence-corrected chi connectivity index (χ2v) is 10.4. The minimum atomic E-state index is -4.05. The topological polar surface area (TPSA) is 9.23 Å². The molecule has 0 aliphatic carbocycles. The molecular formula is C36H27F7O. The van der Waals surface area contributed by atoms with E-state index in [9.17, 15) is 22.0 Å². The zero-order valence-corrected chi connectivity index (χ0v) is 23.6. The van der Waals surface area contributed by atoms with E-state index in [1.807, 2.05) is 0 Å². The average molecular weight is 609 g/mol. The first-order valence-corrected chi connectivity index (χ1v) is 14.1. The van der Waals surface area contributed by atoms with E-state index in [1.54, 1.807) is 12.1 Å². The van der Waals surface area contributed by atoms with E-state index < -0.39 is 40.8 Å². The van der Waals surface area contributed by atoms with E-state index in [0.29, 0.717) is 17.5 Å². The summed E-state index contributed by atoms with van der Waals surface area (Å²) in [6, 6.07) is 20.1. The lowest BCUT2D eigenvalue weighted by Gasteiger charge is -2.19. The Balaban J connectivity index is 1.30. The lowest BCUT2D eigenvalue weighted by Crippen LogP contribution is -2.23. The van der Waals surface area contributed by atoms with Crippen molar-refractivity contribution < 1.29 is 35.5 Å². The third kappa shape index (κ3) is 6.80. The minimum Gasteiger partial charge on any atom is -0.429 e. The third-order valence-electron chi connectivity index (χ3n) is 7.33. The fourth-order valence-electron chi connectivity index (χ4n) is 4.96. The van der Waals surface area contributed by atoms with Crippen molar-refractivity contribution in [2.75, 3.05) is 0 Å². The molecule has 0 heterocycles. The SMILES string of the molecule is CCCCCc1ccc(-c2ccc(C(F)(F)Oc3ccc(-c4ccc(-c5ccc(F)c(F)c5)c(F)c4)cc3)c(F)c2)c(F)c1. The van der Waals surface area contributed by atoms with Gasteiger partial charge in [-0.1, -0.05) is 68.3 Å². The van der Waals surface area contributed by atoms with Gasteiger partial charge in [-0.15, -0.1) is 0 Å². The molecule has 0 spiro atoms. The first kappa shape index (κ1) is 30.9. The van der Waals surface area contributed by atoms with Crippen LogP contribution >= 0.6 is 0 Å². The molecular weight excluding hydrogens is 581 g/mol. The molecule has 44 heavy (non-hydrogen) atoms. The highest BCUT2D eigenvalue weighted by Crippen LogP contribution is 2.37. The van der Waals surface area contributed by atoms with Crippen LogP contribution in [0.4, 0.5) is 30.7 Å². The zero-order chi connectivity index (χ0) is 31.4. The third-order valence-corrected chi connectivity index (χ3v) is 7.33. The number of ether oxygens (including phenoxy) is 1. The first-order valence-electron chi connectivity index (χ1n) is 14.1. The Labute approximate surface area is 250 Å². The van der Waals surface area contributed by atoms with Gasteiger partial charge in [0, 0.05) is 11.1 Å². The van der Waals surface area contributed by atoms with E-state index in [4.69, 9.17) is 4.74 Å². The highest BCUT2D eigenvalue weighted by molar-refractivity contribution is 5.71. The Kier molecular flexibility index (Phi) is 9.09. The number of unbranched alkanes of at least 4 members (excludes halogenated alkanes) is 2. The predicted molar refractivity (Wildman–Crippen MR) is 157 cm³/mol. The Morgan fingerprint density at radius 1 is 0.523 bits per heavy atom. The minimum absolute atomic E-state index is 0.0578. The van der Waals surface area contributed by atoms with Crippen LogP contribution in [0.1, 0.15) is 37.3 Å². The zero-order valence-electron chi connectivity index (χ0n) is 23.6. The van der Waals surface area contributed by atoms with Gasteiger partial charge in [-0.3, -0.25) is 0 Å². The lowest BCUT2D eigenvalue weighted by molar-refractivity contribution is -0.187. The Bertz CT molecular complexity index is 1780. The summed E-state index contributed by atoms with van der Waals surface area (Å²) in [7, 11) is 0. The maximum Gasteiger partial charge on any atom is 0.429 e. The smallest absolute Gasteiger partial charge is 0.429 e. The number of alkyl halides is 2. The molecule has 5 aromatic rings. The second-order valence-electron chi connectivity index (χ2n) is 10.4. The molecule has 226 valence electrons. The van der Waals surface area contributed by atoms with Crippen LogP contribution in [0.25, 0.3) is 33.4 Å². The molecule has 8 heteroatoms. The van der Waals surface area contributed by atoms with Crippen LogP contribution < -0.4 is 4.74 Å². The number of hydrogen-bond donors (Lipinski definition) is 0. The van der Waals surface area contributed by atoms with Crippen LogP contribution in [0.2, 0.25) is 0 Å². The second kappa shape index (κ2) is 13.0. The van der Waals surface area contributed by atoms with Gasteiger partial charge in [0.2, 0.25) is 0 Å². The molecule has 0 saturated carbocycles. The van der Waals surface area contributed by atoms with Gasteiger partial charge < -0.3 is 4.74 Å². The molecule has 0 radical (unpaired) electrons. The molecule has 5 aromatic carbocycles. The Hall–Kier alpha value is -4.59. The van der Waals surface area contributed by atoms with Gasteiger partial charge in [0.25, 0.3) is 0 Å². The molecule has 0 fully saturated rings. The number of hydrogen-bond acceptors (Lipinski definition) is 1. The molecule has 0 aliphatic rings. The summed E-state index contributed by atoms with van der Waals surface area (Å²) in [6.45, 7) is 2.07. The summed E-state index contributed by atoms with van der Waals surface area (Å²) >= 11 is 0. The van der Waals surface area contributed by atoms with Crippen LogP contribution in [0, 0.1) is 29.1 Å². The predicted octanol–water partition coefficient (Wildman–Crippen LogP) is 11.2. The van der Waals surface area contributed by atoms with Gasteiger partial charge in [0.15, 0.2) is 11.6 Å². The Morgan fingerprint density at radius 2 is 1.09 bits per heavy atom. The molecule has 0 amide bonds. The van der Waals surface area contributed by atoms with Gasteiger partial charge in [0.05, 0.1) is 5.56 Å². The number of halogens is 7. The molecule has 5 rings (SSSR count). The van der Waals surface area contributed by atoms with E-state index in [0.717, 1.165) is 49.1 Å². The summed E-state index contributed by atoms with van der Waals surface area (Å²) in [4.78, 5) is 0. The molecule has 0 unspecified atom stereocenters. The number of benzene rings is 5. The van der Waals surface area contributed by atoms with Crippen molar-refractivity contribution in [1.29, 1.82) is 0 Å². The monoisotopic (exact) mass is 608 g/mol. The van der Waals surface area contributed by atoms with E-state index in [1.165, 1.54) is 60.7 Å². The standard InChI is InChI=1S/C36H27F7O/c1-2-3-4-5-22-6-14-28(32(38)18-22)25-10-16-30(34(40)20-25)36(42,43)44-27-12-7-23(8-13-27)24-9-15-29(33(39)19-24)26-11-17-31(37)35(41)21-26/h6-21H,2-5H2,1H3. The molecule has 0 N–H and O–H groups in total. The van der Waals surface area contributed by atoms with Crippen molar-refractivity contribution >= 4 is 0 Å². The fourth-order valence-corrected chi connectivity index (χ4v) is 4.96. The van der Waals surface area contributed by atoms with Crippen LogP contribution in [0.3, 0.4) is 0 Å². The van der Waals surface area contributed by atoms with Gasteiger partial charge in [0.1, 0.15) is 23.2 Å².